The minimum atomic E-state index is -0.498. The quantitative estimate of drug-likeness (QED) is 0.619. The second-order valence-corrected chi connectivity index (χ2v) is 4.80. The van der Waals surface area contributed by atoms with Gasteiger partial charge in [0.1, 0.15) is 17.7 Å². The zero-order valence-electron chi connectivity index (χ0n) is 13.0. The van der Waals surface area contributed by atoms with E-state index in [2.05, 4.69) is 5.32 Å². The van der Waals surface area contributed by atoms with E-state index in [9.17, 15) is 10.1 Å². The fraction of sp³-hybridized carbons (Fsp3) is 0.353. The van der Waals surface area contributed by atoms with Gasteiger partial charge in [-0.05, 0) is 25.0 Å². The molecule has 5 heteroatoms. The maximum atomic E-state index is 12.2. The summed E-state index contributed by atoms with van der Waals surface area (Å²) in [5, 5.41) is 20.9. The van der Waals surface area contributed by atoms with Crippen LogP contribution in [0.15, 0.2) is 36.0 Å². The average Bonchev–Trinajstić information content (AvgIpc) is 2.53. The summed E-state index contributed by atoms with van der Waals surface area (Å²) in [6.45, 7) is 5.68. The lowest BCUT2D eigenvalue weighted by Crippen LogP contribution is -2.23. The highest BCUT2D eigenvalue weighted by molar-refractivity contribution is 6.07. The number of rotatable bonds is 7. The van der Waals surface area contributed by atoms with E-state index in [4.69, 9.17) is 5.26 Å². The Bertz CT molecular complexity index is 616. The smallest absolute Gasteiger partial charge is 0.267 e. The van der Waals surface area contributed by atoms with E-state index in [0.29, 0.717) is 11.3 Å². The van der Waals surface area contributed by atoms with Crippen LogP contribution in [0.4, 0.5) is 5.69 Å². The van der Waals surface area contributed by atoms with Crippen molar-refractivity contribution < 1.29 is 4.79 Å². The Morgan fingerprint density at radius 3 is 2.41 bits per heavy atom. The minimum absolute atomic E-state index is 0.0367. The summed E-state index contributed by atoms with van der Waals surface area (Å²) in [5.41, 5.74) is 0.815. The first-order chi connectivity index (χ1) is 10.7. The molecular weight excluding hydrogens is 276 g/mol. The molecule has 0 radical (unpaired) electrons. The molecule has 1 rings (SSSR count). The molecule has 1 amide bonds. The van der Waals surface area contributed by atoms with Crippen molar-refractivity contribution >= 4 is 11.6 Å². The zero-order chi connectivity index (χ0) is 16.4. The molecule has 1 N–H and O–H groups in total. The van der Waals surface area contributed by atoms with Crippen molar-refractivity contribution in [3.05, 3.63) is 41.6 Å². The lowest BCUT2D eigenvalue weighted by Gasteiger charge is -2.19. The molecule has 1 aromatic rings. The Kier molecular flexibility index (Phi) is 7.22. The Morgan fingerprint density at radius 1 is 1.23 bits per heavy atom. The topological polar surface area (TPSA) is 79.9 Å². The normalized spacial score (nSPS) is 10.5. The number of carbonyl (C=O) groups excluding carboxylic acids is 1. The van der Waals surface area contributed by atoms with E-state index in [0.717, 1.165) is 25.9 Å². The van der Waals surface area contributed by atoms with Crippen LogP contribution in [0, 0.1) is 22.7 Å². The van der Waals surface area contributed by atoms with Gasteiger partial charge in [-0.1, -0.05) is 26.0 Å². The van der Waals surface area contributed by atoms with Crippen LogP contribution in [0.1, 0.15) is 32.3 Å². The summed E-state index contributed by atoms with van der Waals surface area (Å²) in [5.74, 6) is -0.498. The highest BCUT2D eigenvalue weighted by Crippen LogP contribution is 2.14. The maximum Gasteiger partial charge on any atom is 0.267 e. The van der Waals surface area contributed by atoms with Crippen molar-refractivity contribution in [2.75, 3.05) is 18.4 Å². The highest BCUT2D eigenvalue weighted by Gasteiger charge is 2.13. The third-order valence-electron chi connectivity index (χ3n) is 2.99. The number of para-hydroxylation sites is 1. The van der Waals surface area contributed by atoms with Gasteiger partial charge >= 0.3 is 0 Å². The van der Waals surface area contributed by atoms with Gasteiger partial charge < -0.3 is 10.2 Å². The third kappa shape index (κ3) is 4.96. The predicted octanol–water partition coefficient (Wildman–Crippen LogP) is 3.03. The molecule has 0 saturated heterocycles. The molecule has 0 unspecified atom stereocenters. The largest absolute Gasteiger partial charge is 0.376 e. The second kappa shape index (κ2) is 9.20. The second-order valence-electron chi connectivity index (χ2n) is 4.80. The van der Waals surface area contributed by atoms with E-state index in [1.807, 2.05) is 30.9 Å². The number of nitriles is 2. The van der Waals surface area contributed by atoms with Crippen LogP contribution in [-0.2, 0) is 4.79 Å². The molecule has 0 heterocycles. The average molecular weight is 296 g/mol. The summed E-state index contributed by atoms with van der Waals surface area (Å²) in [6.07, 6.45) is 3.47. The van der Waals surface area contributed by atoms with Gasteiger partial charge in [0.2, 0.25) is 0 Å². The van der Waals surface area contributed by atoms with Crippen molar-refractivity contribution in [1.82, 2.24) is 4.90 Å². The molecule has 5 nitrogen and oxygen atoms in total. The zero-order valence-corrected chi connectivity index (χ0v) is 13.0. The van der Waals surface area contributed by atoms with Gasteiger partial charge in [0.15, 0.2) is 0 Å². The molecule has 0 atom stereocenters. The minimum Gasteiger partial charge on any atom is -0.376 e. The summed E-state index contributed by atoms with van der Waals surface area (Å²) < 4.78 is 0. The van der Waals surface area contributed by atoms with Crippen molar-refractivity contribution in [2.45, 2.75) is 26.7 Å². The van der Waals surface area contributed by atoms with E-state index in [1.165, 1.54) is 0 Å². The number of benzene rings is 1. The van der Waals surface area contributed by atoms with Gasteiger partial charge in [-0.3, -0.25) is 4.79 Å². The van der Waals surface area contributed by atoms with E-state index in [-0.39, 0.29) is 5.57 Å². The molecule has 0 saturated carbocycles. The lowest BCUT2D eigenvalue weighted by molar-refractivity contribution is -0.112. The molecule has 1 aromatic carbocycles. The molecule has 0 bridgehead atoms. The van der Waals surface area contributed by atoms with Crippen molar-refractivity contribution in [2.24, 2.45) is 0 Å². The maximum absolute atomic E-state index is 12.2. The monoisotopic (exact) mass is 296 g/mol. The summed E-state index contributed by atoms with van der Waals surface area (Å²) >= 11 is 0. The first-order valence-electron chi connectivity index (χ1n) is 7.32. The first-order valence-corrected chi connectivity index (χ1v) is 7.32. The van der Waals surface area contributed by atoms with Gasteiger partial charge in [0.05, 0.1) is 11.3 Å². The number of amides is 1. The van der Waals surface area contributed by atoms with E-state index >= 15 is 0 Å². The molecule has 0 spiro atoms. The number of hydrogen-bond acceptors (Lipinski definition) is 4. The van der Waals surface area contributed by atoms with Crippen LogP contribution in [0.3, 0.4) is 0 Å². The van der Waals surface area contributed by atoms with Gasteiger partial charge in [-0.2, -0.15) is 10.5 Å². The molecular formula is C17H20N4O. The SMILES string of the molecule is CCCN(/C=C(/C#N)C(=O)Nc1ccccc1C#N)CCC. The van der Waals surface area contributed by atoms with Crippen LogP contribution >= 0.6 is 0 Å². The number of nitrogens with one attached hydrogen (secondary N) is 1. The van der Waals surface area contributed by atoms with Crippen LogP contribution in [0.25, 0.3) is 0 Å². The van der Waals surface area contributed by atoms with Crippen molar-refractivity contribution in [1.29, 1.82) is 10.5 Å². The summed E-state index contributed by atoms with van der Waals surface area (Å²) in [6, 6.07) is 10.7. The Morgan fingerprint density at radius 2 is 1.86 bits per heavy atom. The molecule has 0 aliphatic rings. The molecule has 0 aromatic heterocycles. The van der Waals surface area contributed by atoms with Gasteiger partial charge in [-0.15, -0.1) is 0 Å². The Hall–Kier alpha value is -2.79. The molecule has 114 valence electrons. The Balaban J connectivity index is 2.93. The molecule has 22 heavy (non-hydrogen) atoms. The standard InChI is InChI=1S/C17H20N4O/c1-3-9-21(10-4-2)13-15(12-19)17(22)20-16-8-6-5-7-14(16)11-18/h5-8,13H,3-4,9-10H2,1-2H3,(H,20,22)/b15-13-. The molecule has 0 aliphatic carbocycles. The fourth-order valence-corrected chi connectivity index (χ4v) is 2.02. The number of nitrogens with zero attached hydrogens (tertiary/aromatic N) is 3. The summed E-state index contributed by atoms with van der Waals surface area (Å²) in [7, 11) is 0. The molecule has 0 aliphatic heterocycles. The van der Waals surface area contributed by atoms with E-state index < -0.39 is 5.91 Å². The van der Waals surface area contributed by atoms with E-state index in [1.54, 1.807) is 30.5 Å². The number of anilines is 1. The predicted molar refractivity (Wildman–Crippen MR) is 85.6 cm³/mol. The third-order valence-corrected chi connectivity index (χ3v) is 2.99. The van der Waals surface area contributed by atoms with Crippen LogP contribution in [0.2, 0.25) is 0 Å². The molecule has 0 fully saturated rings. The van der Waals surface area contributed by atoms with Crippen LogP contribution < -0.4 is 5.32 Å². The first kappa shape index (κ1) is 17.3. The lowest BCUT2D eigenvalue weighted by atomic mass is 10.2. The van der Waals surface area contributed by atoms with Gasteiger partial charge in [0.25, 0.3) is 5.91 Å². The van der Waals surface area contributed by atoms with Crippen molar-refractivity contribution in [3.8, 4) is 12.1 Å². The highest BCUT2D eigenvalue weighted by atomic mass is 16.1. The van der Waals surface area contributed by atoms with Crippen molar-refractivity contribution in [3.63, 3.8) is 0 Å². The van der Waals surface area contributed by atoms with Crippen LogP contribution in [-0.4, -0.2) is 23.9 Å². The Labute approximate surface area is 131 Å². The van der Waals surface area contributed by atoms with Gasteiger partial charge in [0, 0.05) is 19.3 Å². The summed E-state index contributed by atoms with van der Waals surface area (Å²) in [4.78, 5) is 14.2. The number of carbonyl (C=O) groups is 1. The fourth-order valence-electron chi connectivity index (χ4n) is 2.02. The number of hydrogen-bond donors (Lipinski definition) is 1. The van der Waals surface area contributed by atoms with Crippen LogP contribution in [0.5, 0.6) is 0 Å². The van der Waals surface area contributed by atoms with Gasteiger partial charge in [-0.25, -0.2) is 0 Å².